The number of amides is 3. The number of halogens is 3. The van der Waals surface area contributed by atoms with Gasteiger partial charge in [-0.3, -0.25) is 4.79 Å². The highest BCUT2D eigenvalue weighted by molar-refractivity contribution is 6.07. The molecule has 188 valence electrons. The second-order valence-electron chi connectivity index (χ2n) is 8.79. The number of rotatable bonds is 6. The van der Waals surface area contributed by atoms with E-state index < -0.39 is 35.7 Å². The molecule has 0 heterocycles. The second-order valence-corrected chi connectivity index (χ2v) is 8.79. The van der Waals surface area contributed by atoms with Gasteiger partial charge in [0.15, 0.2) is 0 Å². The highest BCUT2D eigenvalue weighted by atomic mass is 19.4. The Balaban J connectivity index is 1.88. The summed E-state index contributed by atoms with van der Waals surface area (Å²) in [5, 5.41) is 17.0. The summed E-state index contributed by atoms with van der Waals surface area (Å²) in [5.74, 6) is -2.36. The Morgan fingerprint density at radius 1 is 0.971 bits per heavy atom. The first-order valence-corrected chi connectivity index (χ1v) is 11.4. The van der Waals surface area contributed by atoms with Crippen LogP contribution in [0.5, 0.6) is 0 Å². The van der Waals surface area contributed by atoms with Gasteiger partial charge in [-0.2, -0.15) is 13.2 Å². The van der Waals surface area contributed by atoms with Gasteiger partial charge in [-0.15, -0.1) is 0 Å². The molecule has 0 spiro atoms. The summed E-state index contributed by atoms with van der Waals surface area (Å²) in [6, 6.07) is 5.64. The smallest absolute Gasteiger partial charge is 0.416 e. The Morgan fingerprint density at radius 3 is 2.17 bits per heavy atom. The number of para-hydroxylation sites is 1. The van der Waals surface area contributed by atoms with E-state index in [1.807, 2.05) is 0 Å². The molecule has 35 heavy (non-hydrogen) atoms. The highest BCUT2D eigenvalue weighted by Gasteiger charge is 2.34. The second kappa shape index (κ2) is 10.8. The largest absolute Gasteiger partial charge is 0.480 e. The van der Waals surface area contributed by atoms with Gasteiger partial charge in [0.2, 0.25) is 0 Å². The fraction of sp³-hybridized carbons (Fsp3) is 0.400. The van der Waals surface area contributed by atoms with Gasteiger partial charge in [0.25, 0.3) is 5.91 Å². The highest BCUT2D eigenvalue weighted by Crippen LogP contribution is 2.33. The minimum atomic E-state index is -4.71. The number of carboxylic acid groups (broad SMARTS) is 1. The van der Waals surface area contributed by atoms with Crippen LogP contribution in [0.2, 0.25) is 0 Å². The summed E-state index contributed by atoms with van der Waals surface area (Å²) >= 11 is 0. The average molecular weight is 492 g/mol. The molecule has 1 saturated carbocycles. The quantitative estimate of drug-likeness (QED) is 0.414. The molecule has 1 atom stereocenters. The van der Waals surface area contributed by atoms with E-state index in [4.69, 9.17) is 0 Å². The number of hydrogen-bond donors (Lipinski definition) is 4. The monoisotopic (exact) mass is 491 g/mol. The van der Waals surface area contributed by atoms with Crippen LogP contribution in [0.3, 0.4) is 0 Å². The third kappa shape index (κ3) is 6.52. The van der Waals surface area contributed by atoms with Gasteiger partial charge in [-0.05, 0) is 61.9 Å². The van der Waals surface area contributed by atoms with Gasteiger partial charge in [0.05, 0.1) is 16.8 Å². The molecular weight excluding hydrogens is 463 g/mol. The maximum Gasteiger partial charge on any atom is 0.416 e. The summed E-state index contributed by atoms with van der Waals surface area (Å²) in [7, 11) is 0. The van der Waals surface area contributed by atoms with E-state index in [9.17, 15) is 32.7 Å². The van der Waals surface area contributed by atoms with Crippen LogP contribution in [0, 0.1) is 19.8 Å². The van der Waals surface area contributed by atoms with Gasteiger partial charge in [-0.25, -0.2) is 9.59 Å². The SMILES string of the molecule is Cc1cccc(C)c1NC(=O)Nc1cc(C(F)(F)F)ccc1C(=O)N[C@H](C(=O)O)C1CCCCC1. The molecule has 0 unspecified atom stereocenters. The van der Waals surface area contributed by atoms with Crippen LogP contribution in [0.1, 0.15) is 59.2 Å². The molecule has 2 aromatic rings. The Labute approximate surface area is 201 Å². The molecule has 4 N–H and O–H groups in total. The molecule has 0 aromatic heterocycles. The zero-order valence-corrected chi connectivity index (χ0v) is 19.5. The van der Waals surface area contributed by atoms with E-state index in [0.29, 0.717) is 24.6 Å². The molecule has 3 rings (SSSR count). The Morgan fingerprint density at radius 2 is 1.60 bits per heavy atom. The first kappa shape index (κ1) is 26.1. The number of urea groups is 1. The van der Waals surface area contributed by atoms with Gasteiger partial charge >= 0.3 is 18.2 Å². The molecule has 0 bridgehead atoms. The molecule has 1 aliphatic carbocycles. The first-order chi connectivity index (χ1) is 16.5. The third-order valence-electron chi connectivity index (χ3n) is 6.23. The van der Waals surface area contributed by atoms with Gasteiger partial charge < -0.3 is 21.1 Å². The maximum atomic E-state index is 13.3. The van der Waals surface area contributed by atoms with Crippen molar-refractivity contribution in [1.82, 2.24) is 5.32 Å². The van der Waals surface area contributed by atoms with E-state index in [2.05, 4.69) is 16.0 Å². The molecule has 3 amide bonds. The zero-order chi connectivity index (χ0) is 25.8. The first-order valence-electron chi connectivity index (χ1n) is 11.4. The summed E-state index contributed by atoms with van der Waals surface area (Å²) in [6.07, 6.45) is -0.771. The standard InChI is InChI=1S/C25H28F3N3O4/c1-14-7-6-8-15(2)20(14)31-24(35)29-19-13-17(25(26,27)28)11-12-18(19)22(32)30-21(23(33)34)16-9-4-3-5-10-16/h6-8,11-13,16,21H,3-5,9-10H2,1-2H3,(H,30,32)(H,33,34)(H2,29,31,35)/t21-/m0/s1. The lowest BCUT2D eigenvalue weighted by Gasteiger charge is -2.28. The van der Waals surface area contributed by atoms with E-state index >= 15 is 0 Å². The molecule has 10 heteroatoms. The minimum Gasteiger partial charge on any atom is -0.480 e. The minimum absolute atomic E-state index is 0.267. The van der Waals surface area contributed by atoms with Crippen LogP contribution in [-0.4, -0.2) is 29.1 Å². The van der Waals surface area contributed by atoms with Crippen molar-refractivity contribution in [2.24, 2.45) is 5.92 Å². The van der Waals surface area contributed by atoms with E-state index in [1.165, 1.54) is 0 Å². The molecule has 0 aliphatic heterocycles. The number of nitrogens with one attached hydrogen (secondary N) is 3. The number of alkyl halides is 3. The molecule has 0 saturated heterocycles. The van der Waals surface area contributed by atoms with E-state index in [1.54, 1.807) is 32.0 Å². The van der Waals surface area contributed by atoms with Crippen molar-refractivity contribution in [2.45, 2.75) is 58.2 Å². The predicted molar refractivity (Wildman–Crippen MR) is 125 cm³/mol. The Bertz CT molecular complexity index is 1090. The molecule has 7 nitrogen and oxygen atoms in total. The number of hydrogen-bond acceptors (Lipinski definition) is 3. The van der Waals surface area contributed by atoms with Crippen molar-refractivity contribution in [1.29, 1.82) is 0 Å². The van der Waals surface area contributed by atoms with Crippen molar-refractivity contribution >= 4 is 29.3 Å². The fourth-order valence-electron chi connectivity index (χ4n) is 4.37. The van der Waals surface area contributed by atoms with Crippen LogP contribution < -0.4 is 16.0 Å². The fourth-order valence-corrected chi connectivity index (χ4v) is 4.37. The molecule has 1 aliphatic rings. The third-order valence-corrected chi connectivity index (χ3v) is 6.23. The Hall–Kier alpha value is -3.56. The van der Waals surface area contributed by atoms with Crippen LogP contribution in [0.25, 0.3) is 0 Å². The lowest BCUT2D eigenvalue weighted by Crippen LogP contribution is -2.46. The topological polar surface area (TPSA) is 108 Å². The average Bonchev–Trinajstić information content (AvgIpc) is 2.79. The van der Waals surface area contributed by atoms with Crippen LogP contribution in [0.15, 0.2) is 36.4 Å². The van der Waals surface area contributed by atoms with Gasteiger partial charge in [0.1, 0.15) is 6.04 Å². The van der Waals surface area contributed by atoms with Crippen molar-refractivity contribution < 1.29 is 32.7 Å². The van der Waals surface area contributed by atoms with Crippen LogP contribution in [0.4, 0.5) is 29.3 Å². The molecular formula is C25H28F3N3O4. The van der Waals surface area contributed by atoms with Gasteiger partial charge in [0, 0.05) is 5.69 Å². The number of carbonyl (C=O) groups excluding carboxylic acids is 2. The number of aliphatic carboxylic acids is 1. The lowest BCUT2D eigenvalue weighted by molar-refractivity contribution is -0.141. The molecule has 1 fully saturated rings. The van der Waals surface area contributed by atoms with Crippen molar-refractivity contribution in [3.05, 3.63) is 58.7 Å². The van der Waals surface area contributed by atoms with Crippen molar-refractivity contribution in [2.75, 3.05) is 10.6 Å². The maximum absolute atomic E-state index is 13.3. The summed E-state index contributed by atoms with van der Waals surface area (Å²) < 4.78 is 40.0. The number of aryl methyl sites for hydroxylation is 2. The van der Waals surface area contributed by atoms with Crippen LogP contribution >= 0.6 is 0 Å². The number of carboxylic acids is 1. The number of carbonyl (C=O) groups is 3. The summed E-state index contributed by atoms with van der Waals surface area (Å²) in [5.41, 5.74) is 0.285. The summed E-state index contributed by atoms with van der Waals surface area (Å²) in [6.45, 7) is 3.53. The number of anilines is 2. The van der Waals surface area contributed by atoms with Crippen molar-refractivity contribution in [3.8, 4) is 0 Å². The van der Waals surface area contributed by atoms with Crippen molar-refractivity contribution in [3.63, 3.8) is 0 Å². The normalized spacial score (nSPS) is 15.2. The van der Waals surface area contributed by atoms with E-state index in [0.717, 1.165) is 42.5 Å². The van der Waals surface area contributed by atoms with Gasteiger partial charge in [-0.1, -0.05) is 37.5 Å². The predicted octanol–water partition coefficient (Wildman–Crippen LogP) is 5.73. The Kier molecular flexibility index (Phi) is 8.03. The molecule has 0 radical (unpaired) electrons. The lowest BCUT2D eigenvalue weighted by atomic mass is 9.83. The zero-order valence-electron chi connectivity index (χ0n) is 19.5. The van der Waals surface area contributed by atoms with E-state index in [-0.39, 0.29) is 17.2 Å². The summed E-state index contributed by atoms with van der Waals surface area (Å²) in [4.78, 5) is 37.5. The molecule has 2 aromatic carbocycles. The van der Waals surface area contributed by atoms with Crippen LogP contribution in [-0.2, 0) is 11.0 Å². The number of benzene rings is 2.